The van der Waals surface area contributed by atoms with Gasteiger partial charge >= 0.3 is 0 Å². The van der Waals surface area contributed by atoms with Crippen LogP contribution in [-0.4, -0.2) is 25.5 Å². The Kier molecular flexibility index (Phi) is 5.00. The second-order valence-electron chi connectivity index (χ2n) is 4.36. The fraction of sp³-hybridized carbons (Fsp3) is 0.583. The lowest BCUT2D eigenvalue weighted by molar-refractivity contribution is 0.0954. The minimum absolute atomic E-state index is 0.0458. The quantitative estimate of drug-likeness (QED) is 0.896. The molecular formula is C12H17BrN2OS. The Morgan fingerprint density at radius 3 is 3.12 bits per heavy atom. The van der Waals surface area contributed by atoms with Crippen molar-refractivity contribution in [1.29, 1.82) is 0 Å². The third-order valence-electron chi connectivity index (χ3n) is 3.03. The van der Waals surface area contributed by atoms with Gasteiger partial charge in [0, 0.05) is 6.54 Å². The second kappa shape index (κ2) is 6.52. The van der Waals surface area contributed by atoms with Crippen molar-refractivity contribution in [3.05, 3.63) is 20.8 Å². The van der Waals surface area contributed by atoms with E-state index in [2.05, 4.69) is 26.6 Å². The predicted octanol–water partition coefficient (Wildman–Crippen LogP) is 2.63. The molecule has 2 rings (SSSR count). The summed E-state index contributed by atoms with van der Waals surface area (Å²) in [5.74, 6) is 0.767. The van der Waals surface area contributed by atoms with Gasteiger partial charge in [0.25, 0.3) is 5.91 Å². The molecule has 0 saturated carbocycles. The number of amides is 1. The van der Waals surface area contributed by atoms with Crippen LogP contribution in [0.15, 0.2) is 15.9 Å². The van der Waals surface area contributed by atoms with Gasteiger partial charge in [-0.25, -0.2) is 0 Å². The van der Waals surface area contributed by atoms with Gasteiger partial charge in [-0.3, -0.25) is 4.79 Å². The van der Waals surface area contributed by atoms with Crippen molar-refractivity contribution in [3.8, 4) is 0 Å². The zero-order valence-electron chi connectivity index (χ0n) is 9.67. The van der Waals surface area contributed by atoms with Crippen LogP contribution in [0.25, 0.3) is 0 Å². The molecule has 1 aliphatic heterocycles. The van der Waals surface area contributed by atoms with E-state index in [9.17, 15) is 4.79 Å². The molecule has 0 radical (unpaired) electrons. The summed E-state index contributed by atoms with van der Waals surface area (Å²) in [7, 11) is 0. The Bertz CT molecular complexity index is 374. The fourth-order valence-electron chi connectivity index (χ4n) is 2.08. The third kappa shape index (κ3) is 4.08. The molecule has 1 fully saturated rings. The Balaban J connectivity index is 1.69. The highest BCUT2D eigenvalue weighted by Crippen LogP contribution is 2.21. The summed E-state index contributed by atoms with van der Waals surface area (Å²) >= 11 is 4.84. The maximum atomic E-state index is 11.8. The summed E-state index contributed by atoms with van der Waals surface area (Å²) in [5.41, 5.74) is 0. The molecule has 3 nitrogen and oxygen atoms in total. The van der Waals surface area contributed by atoms with Crippen molar-refractivity contribution < 1.29 is 4.79 Å². The maximum Gasteiger partial charge on any atom is 0.261 e. The highest BCUT2D eigenvalue weighted by molar-refractivity contribution is 9.11. The van der Waals surface area contributed by atoms with Crippen molar-refractivity contribution in [3.63, 3.8) is 0 Å². The largest absolute Gasteiger partial charge is 0.351 e. The highest BCUT2D eigenvalue weighted by atomic mass is 79.9. The number of carbonyl (C=O) groups excluding carboxylic acids is 1. The monoisotopic (exact) mass is 316 g/mol. The van der Waals surface area contributed by atoms with Crippen LogP contribution in [0.1, 0.15) is 28.9 Å². The summed E-state index contributed by atoms with van der Waals surface area (Å²) < 4.78 is 0.999. The van der Waals surface area contributed by atoms with Gasteiger partial charge in [-0.15, -0.1) is 11.3 Å². The van der Waals surface area contributed by atoms with E-state index in [4.69, 9.17) is 0 Å². The zero-order valence-corrected chi connectivity index (χ0v) is 12.1. The van der Waals surface area contributed by atoms with Crippen molar-refractivity contribution >= 4 is 33.2 Å². The lowest BCUT2D eigenvalue weighted by atomic mass is 9.96. The van der Waals surface area contributed by atoms with E-state index in [1.54, 1.807) is 0 Å². The molecule has 0 bridgehead atoms. The van der Waals surface area contributed by atoms with Crippen LogP contribution in [0.5, 0.6) is 0 Å². The van der Waals surface area contributed by atoms with E-state index in [-0.39, 0.29) is 5.91 Å². The van der Waals surface area contributed by atoms with Gasteiger partial charge < -0.3 is 10.6 Å². The molecule has 1 unspecified atom stereocenters. The molecule has 94 valence electrons. The lowest BCUT2D eigenvalue weighted by Gasteiger charge is -2.22. The first-order valence-corrected chi connectivity index (χ1v) is 7.61. The minimum Gasteiger partial charge on any atom is -0.351 e. The van der Waals surface area contributed by atoms with Gasteiger partial charge in [0.05, 0.1) is 8.66 Å². The minimum atomic E-state index is 0.0458. The molecular weight excluding hydrogens is 300 g/mol. The van der Waals surface area contributed by atoms with Crippen molar-refractivity contribution in [2.45, 2.75) is 19.3 Å². The molecule has 1 aromatic rings. The summed E-state index contributed by atoms with van der Waals surface area (Å²) in [6.07, 6.45) is 3.62. The molecule has 0 spiro atoms. The van der Waals surface area contributed by atoms with Gasteiger partial charge in [-0.05, 0) is 66.3 Å². The van der Waals surface area contributed by atoms with Crippen molar-refractivity contribution in [1.82, 2.24) is 10.6 Å². The normalized spacial score (nSPS) is 20.2. The number of carbonyl (C=O) groups is 1. The van der Waals surface area contributed by atoms with Crippen LogP contribution in [0.3, 0.4) is 0 Å². The smallest absolute Gasteiger partial charge is 0.261 e. The molecule has 1 aromatic heterocycles. The summed E-state index contributed by atoms with van der Waals surface area (Å²) in [4.78, 5) is 12.5. The molecule has 1 aliphatic rings. The lowest BCUT2D eigenvalue weighted by Crippen LogP contribution is -2.33. The van der Waals surface area contributed by atoms with Gasteiger partial charge in [-0.2, -0.15) is 0 Å². The van der Waals surface area contributed by atoms with Crippen molar-refractivity contribution in [2.24, 2.45) is 5.92 Å². The average Bonchev–Trinajstić information content (AvgIpc) is 2.77. The van der Waals surface area contributed by atoms with Crippen LogP contribution in [0.4, 0.5) is 0 Å². The molecule has 1 saturated heterocycles. The molecule has 5 heteroatoms. The van der Waals surface area contributed by atoms with Crippen LogP contribution >= 0.6 is 27.3 Å². The summed E-state index contributed by atoms with van der Waals surface area (Å²) in [5, 5.41) is 6.37. The van der Waals surface area contributed by atoms with Crippen LogP contribution in [0.2, 0.25) is 0 Å². The fourth-order valence-corrected chi connectivity index (χ4v) is 3.39. The standard InChI is InChI=1S/C12H17BrN2OS/c13-11-4-3-10(17-11)12(16)15-7-5-9-2-1-6-14-8-9/h3-4,9,14H,1-2,5-8H2,(H,15,16). The molecule has 17 heavy (non-hydrogen) atoms. The number of hydrogen-bond acceptors (Lipinski definition) is 3. The Labute approximate surface area is 114 Å². The van der Waals surface area contributed by atoms with E-state index in [1.165, 1.54) is 24.2 Å². The van der Waals surface area contributed by atoms with E-state index >= 15 is 0 Å². The summed E-state index contributed by atoms with van der Waals surface area (Å²) in [6.45, 7) is 3.02. The summed E-state index contributed by atoms with van der Waals surface area (Å²) in [6, 6.07) is 3.76. The molecule has 2 heterocycles. The van der Waals surface area contributed by atoms with E-state index in [1.807, 2.05) is 12.1 Å². The number of thiophene rings is 1. The first kappa shape index (κ1) is 13.1. The highest BCUT2D eigenvalue weighted by Gasteiger charge is 2.13. The Hall–Kier alpha value is -0.390. The van der Waals surface area contributed by atoms with Gasteiger partial charge in [0.15, 0.2) is 0 Å². The molecule has 2 N–H and O–H groups in total. The number of hydrogen-bond donors (Lipinski definition) is 2. The molecule has 1 atom stereocenters. The number of rotatable bonds is 4. The first-order chi connectivity index (χ1) is 8.25. The van der Waals surface area contributed by atoms with E-state index in [0.717, 1.165) is 40.6 Å². The predicted molar refractivity (Wildman–Crippen MR) is 74.6 cm³/mol. The molecule has 0 aromatic carbocycles. The average molecular weight is 317 g/mol. The Morgan fingerprint density at radius 2 is 2.47 bits per heavy atom. The topological polar surface area (TPSA) is 41.1 Å². The maximum absolute atomic E-state index is 11.8. The Morgan fingerprint density at radius 1 is 1.59 bits per heavy atom. The van der Waals surface area contributed by atoms with Crippen LogP contribution < -0.4 is 10.6 Å². The number of piperidine rings is 1. The van der Waals surface area contributed by atoms with Crippen LogP contribution in [-0.2, 0) is 0 Å². The van der Waals surface area contributed by atoms with E-state index in [0.29, 0.717) is 0 Å². The van der Waals surface area contributed by atoms with Crippen molar-refractivity contribution in [2.75, 3.05) is 19.6 Å². The van der Waals surface area contributed by atoms with E-state index < -0.39 is 0 Å². The first-order valence-electron chi connectivity index (χ1n) is 6.00. The second-order valence-corrected chi connectivity index (χ2v) is 6.82. The number of nitrogens with one attached hydrogen (secondary N) is 2. The van der Waals surface area contributed by atoms with Gasteiger partial charge in [-0.1, -0.05) is 0 Å². The van der Waals surface area contributed by atoms with Gasteiger partial charge in [0.1, 0.15) is 0 Å². The van der Waals surface area contributed by atoms with Crippen LogP contribution in [0, 0.1) is 5.92 Å². The van der Waals surface area contributed by atoms with Gasteiger partial charge in [0.2, 0.25) is 0 Å². The third-order valence-corrected chi connectivity index (χ3v) is 4.66. The molecule has 0 aliphatic carbocycles. The molecule has 1 amide bonds. The number of halogens is 1. The zero-order chi connectivity index (χ0) is 12.1. The SMILES string of the molecule is O=C(NCCC1CCCNC1)c1ccc(Br)s1.